The highest BCUT2D eigenvalue weighted by molar-refractivity contribution is 9.10. The van der Waals surface area contributed by atoms with Crippen LogP contribution in [-0.2, 0) is 14.8 Å². The number of benzene rings is 1. The second-order valence-electron chi connectivity index (χ2n) is 4.02. The Morgan fingerprint density at radius 2 is 2.10 bits per heavy atom. The average Bonchev–Trinajstić information content (AvgIpc) is 2.44. The van der Waals surface area contributed by atoms with Crippen LogP contribution < -0.4 is 10.5 Å². The molecular formula is C11H13BrF2N2O4S. The summed E-state index contributed by atoms with van der Waals surface area (Å²) in [7, 11) is -2.99. The molecule has 6 nitrogen and oxygen atoms in total. The highest BCUT2D eigenvalue weighted by Crippen LogP contribution is 2.24. The average molecular weight is 387 g/mol. The molecule has 0 atom stereocenters. The second-order valence-corrected chi connectivity index (χ2v) is 6.61. The summed E-state index contributed by atoms with van der Waals surface area (Å²) in [6.07, 6.45) is 0. The summed E-state index contributed by atoms with van der Waals surface area (Å²) in [5.41, 5.74) is 4.95. The SMILES string of the molecule is COC(=O)c1ccc(S(=O)(=O)NCC(F)(F)CN)c(Br)c1. The predicted octanol–water partition coefficient (Wildman–Crippen LogP) is 1.11. The Kier molecular flexibility index (Phi) is 5.79. The van der Waals surface area contributed by atoms with Gasteiger partial charge in [0.1, 0.15) is 0 Å². The molecule has 0 bridgehead atoms. The fourth-order valence-electron chi connectivity index (χ4n) is 1.31. The summed E-state index contributed by atoms with van der Waals surface area (Å²) in [6.45, 7) is -2.09. The first-order valence-electron chi connectivity index (χ1n) is 5.58. The van der Waals surface area contributed by atoms with Crippen LogP contribution in [0.5, 0.6) is 0 Å². The molecule has 0 unspecified atom stereocenters. The minimum Gasteiger partial charge on any atom is -0.465 e. The van der Waals surface area contributed by atoms with E-state index in [-0.39, 0.29) is 14.9 Å². The van der Waals surface area contributed by atoms with Crippen molar-refractivity contribution < 1.29 is 26.7 Å². The predicted molar refractivity (Wildman–Crippen MR) is 74.7 cm³/mol. The summed E-state index contributed by atoms with van der Waals surface area (Å²) in [5, 5.41) is 0. The molecule has 118 valence electrons. The minimum atomic E-state index is -4.17. The molecule has 0 aliphatic rings. The van der Waals surface area contributed by atoms with Gasteiger partial charge in [-0.1, -0.05) is 0 Å². The normalized spacial score (nSPS) is 12.2. The van der Waals surface area contributed by atoms with Gasteiger partial charge in [0.2, 0.25) is 10.0 Å². The number of methoxy groups -OCH3 is 1. The number of carbonyl (C=O) groups excluding carboxylic acids is 1. The Morgan fingerprint density at radius 1 is 1.48 bits per heavy atom. The van der Waals surface area contributed by atoms with Crippen molar-refractivity contribution in [2.75, 3.05) is 20.2 Å². The van der Waals surface area contributed by atoms with Crippen LogP contribution in [0.25, 0.3) is 0 Å². The number of nitrogens with one attached hydrogen (secondary N) is 1. The number of carbonyl (C=O) groups is 1. The Labute approximate surface area is 128 Å². The zero-order valence-electron chi connectivity index (χ0n) is 10.9. The van der Waals surface area contributed by atoms with E-state index in [2.05, 4.69) is 20.7 Å². The molecular weight excluding hydrogens is 374 g/mol. The number of halogens is 3. The molecule has 10 heteroatoms. The molecule has 0 spiro atoms. The van der Waals surface area contributed by atoms with Crippen LogP contribution in [0.2, 0.25) is 0 Å². The van der Waals surface area contributed by atoms with Crippen molar-refractivity contribution in [3.63, 3.8) is 0 Å². The molecule has 0 radical (unpaired) electrons. The van der Waals surface area contributed by atoms with Crippen molar-refractivity contribution in [3.05, 3.63) is 28.2 Å². The van der Waals surface area contributed by atoms with E-state index in [1.807, 2.05) is 0 Å². The quantitative estimate of drug-likeness (QED) is 0.713. The number of esters is 1. The first-order chi connectivity index (χ1) is 9.63. The third-order valence-corrected chi connectivity index (χ3v) is 4.84. The fourth-order valence-corrected chi connectivity index (χ4v) is 3.45. The minimum absolute atomic E-state index is 0.0500. The molecule has 0 aliphatic carbocycles. The lowest BCUT2D eigenvalue weighted by Crippen LogP contribution is -2.41. The van der Waals surface area contributed by atoms with Gasteiger partial charge in [0.25, 0.3) is 5.92 Å². The molecule has 0 amide bonds. The van der Waals surface area contributed by atoms with Gasteiger partial charge in [0, 0.05) is 4.47 Å². The van der Waals surface area contributed by atoms with E-state index in [0.717, 1.165) is 6.07 Å². The number of sulfonamides is 1. The lowest BCUT2D eigenvalue weighted by molar-refractivity contribution is 0.0170. The summed E-state index contributed by atoms with van der Waals surface area (Å²) in [6, 6.07) is 3.55. The van der Waals surface area contributed by atoms with Crippen molar-refractivity contribution in [1.82, 2.24) is 4.72 Å². The summed E-state index contributed by atoms with van der Waals surface area (Å²) < 4.78 is 56.2. The van der Waals surface area contributed by atoms with Gasteiger partial charge in [-0.3, -0.25) is 0 Å². The highest BCUT2D eigenvalue weighted by Gasteiger charge is 2.30. The molecule has 1 rings (SSSR count). The van der Waals surface area contributed by atoms with E-state index < -0.39 is 35.0 Å². The third kappa shape index (κ3) is 4.70. The van der Waals surface area contributed by atoms with Crippen LogP contribution in [0.3, 0.4) is 0 Å². The van der Waals surface area contributed by atoms with Crippen LogP contribution in [0, 0.1) is 0 Å². The smallest absolute Gasteiger partial charge is 0.337 e. The molecule has 0 saturated heterocycles. The monoisotopic (exact) mass is 386 g/mol. The van der Waals surface area contributed by atoms with E-state index in [1.165, 1.54) is 19.2 Å². The largest absolute Gasteiger partial charge is 0.465 e. The van der Waals surface area contributed by atoms with Gasteiger partial charge in [-0.2, -0.15) is 0 Å². The van der Waals surface area contributed by atoms with Crippen molar-refractivity contribution in [3.8, 4) is 0 Å². The van der Waals surface area contributed by atoms with Crippen molar-refractivity contribution in [2.45, 2.75) is 10.8 Å². The van der Waals surface area contributed by atoms with E-state index in [1.54, 1.807) is 4.72 Å². The summed E-state index contributed by atoms with van der Waals surface area (Å²) in [5.74, 6) is -3.99. The van der Waals surface area contributed by atoms with Gasteiger partial charge in [0.05, 0.1) is 30.7 Å². The van der Waals surface area contributed by atoms with E-state index in [0.29, 0.717) is 0 Å². The molecule has 1 aromatic carbocycles. The van der Waals surface area contributed by atoms with Crippen LogP contribution in [0.4, 0.5) is 8.78 Å². The summed E-state index contributed by atoms with van der Waals surface area (Å²) >= 11 is 2.98. The van der Waals surface area contributed by atoms with Crippen LogP contribution >= 0.6 is 15.9 Å². The zero-order valence-corrected chi connectivity index (χ0v) is 13.3. The van der Waals surface area contributed by atoms with Gasteiger partial charge in [-0.05, 0) is 34.1 Å². The molecule has 0 fully saturated rings. The highest BCUT2D eigenvalue weighted by atomic mass is 79.9. The van der Waals surface area contributed by atoms with Gasteiger partial charge < -0.3 is 10.5 Å². The Bertz CT molecular complexity index is 637. The van der Waals surface area contributed by atoms with E-state index >= 15 is 0 Å². The maximum Gasteiger partial charge on any atom is 0.337 e. The van der Waals surface area contributed by atoms with Crippen molar-refractivity contribution >= 4 is 31.9 Å². The first-order valence-corrected chi connectivity index (χ1v) is 7.86. The van der Waals surface area contributed by atoms with Crippen LogP contribution in [0.1, 0.15) is 10.4 Å². The van der Waals surface area contributed by atoms with Gasteiger partial charge >= 0.3 is 5.97 Å². The maximum atomic E-state index is 13.0. The molecule has 0 heterocycles. The number of rotatable bonds is 6. The Morgan fingerprint density at radius 3 is 2.57 bits per heavy atom. The number of ether oxygens (including phenoxy) is 1. The molecule has 1 aromatic rings. The number of hydrogen-bond donors (Lipinski definition) is 2. The molecule has 0 aromatic heterocycles. The fraction of sp³-hybridized carbons (Fsp3) is 0.364. The zero-order chi connectivity index (χ0) is 16.3. The van der Waals surface area contributed by atoms with Crippen molar-refractivity contribution in [2.24, 2.45) is 5.73 Å². The molecule has 0 aliphatic heterocycles. The first kappa shape index (κ1) is 18.0. The Balaban J connectivity index is 3.02. The van der Waals surface area contributed by atoms with Crippen molar-refractivity contribution in [1.29, 1.82) is 0 Å². The lowest BCUT2D eigenvalue weighted by Gasteiger charge is -2.15. The van der Waals surface area contributed by atoms with Crippen LogP contribution in [-0.4, -0.2) is 40.5 Å². The maximum absolute atomic E-state index is 13.0. The Hall–Kier alpha value is -1.10. The number of hydrogen-bond acceptors (Lipinski definition) is 5. The molecule has 3 N–H and O–H groups in total. The topological polar surface area (TPSA) is 98.5 Å². The number of alkyl halides is 2. The molecule has 0 saturated carbocycles. The van der Waals surface area contributed by atoms with Crippen LogP contribution in [0.15, 0.2) is 27.6 Å². The third-order valence-electron chi connectivity index (χ3n) is 2.46. The van der Waals surface area contributed by atoms with Gasteiger partial charge in [0.15, 0.2) is 0 Å². The summed E-state index contributed by atoms with van der Waals surface area (Å²) in [4.78, 5) is 11.0. The number of nitrogens with two attached hydrogens (primary N) is 1. The second kappa shape index (κ2) is 6.77. The van der Waals surface area contributed by atoms with Gasteiger partial charge in [-0.15, -0.1) is 0 Å². The van der Waals surface area contributed by atoms with E-state index in [9.17, 15) is 22.0 Å². The van der Waals surface area contributed by atoms with E-state index in [4.69, 9.17) is 5.73 Å². The van der Waals surface area contributed by atoms with Gasteiger partial charge in [-0.25, -0.2) is 26.7 Å². The lowest BCUT2D eigenvalue weighted by atomic mass is 10.2. The standard InChI is InChI=1S/C11H13BrF2N2O4S/c1-20-10(17)7-2-3-9(8(12)4-7)21(18,19)16-6-11(13,14)5-15/h2-4,16H,5-6,15H2,1H3. The molecule has 21 heavy (non-hydrogen) atoms.